The molecule has 25 heavy (non-hydrogen) atoms. The van der Waals surface area contributed by atoms with Crippen LogP contribution in [0.2, 0.25) is 0 Å². The Bertz CT molecular complexity index is 849. The van der Waals surface area contributed by atoms with Crippen molar-refractivity contribution in [2.24, 2.45) is 0 Å². The van der Waals surface area contributed by atoms with Gasteiger partial charge in [0.1, 0.15) is 5.75 Å². The van der Waals surface area contributed by atoms with Crippen LogP contribution in [0.5, 0.6) is 5.75 Å². The molecule has 0 saturated carbocycles. The zero-order chi connectivity index (χ0) is 18.0. The Balaban J connectivity index is 1.68. The van der Waals surface area contributed by atoms with Gasteiger partial charge in [-0.3, -0.25) is 19.3 Å². The van der Waals surface area contributed by atoms with Gasteiger partial charge in [-0.15, -0.1) is 11.8 Å². The molecule has 0 radical (unpaired) electrons. The molecule has 6 nitrogen and oxygen atoms in total. The maximum Gasteiger partial charge on any atom is 0.263 e. The number of ether oxygens (including phenoxy) is 1. The Labute approximate surface area is 149 Å². The molecule has 0 aromatic heterocycles. The third kappa shape index (κ3) is 3.36. The number of imide groups is 1. The van der Waals surface area contributed by atoms with E-state index >= 15 is 0 Å². The monoisotopic (exact) mass is 356 g/mol. The maximum absolute atomic E-state index is 12.2. The minimum Gasteiger partial charge on any atom is -0.497 e. The molecule has 2 aromatic carbocycles. The standard InChI is InChI=1S/C18H16N2O4S/c1-20-17(22)13-4-3-5-14(16(13)18(20)23)19-15(21)10-25-12-8-6-11(24-2)7-9-12/h3-9H,10H2,1-2H3,(H,19,21). The van der Waals surface area contributed by atoms with E-state index in [0.29, 0.717) is 11.3 Å². The predicted molar refractivity (Wildman–Crippen MR) is 95.2 cm³/mol. The summed E-state index contributed by atoms with van der Waals surface area (Å²) in [6, 6.07) is 12.2. The molecule has 3 amide bonds. The molecule has 0 spiro atoms. The van der Waals surface area contributed by atoms with Crippen LogP contribution in [0, 0.1) is 0 Å². The molecule has 7 heteroatoms. The van der Waals surface area contributed by atoms with Gasteiger partial charge in [-0.1, -0.05) is 6.07 Å². The molecule has 0 bridgehead atoms. The minimum atomic E-state index is -0.404. The van der Waals surface area contributed by atoms with Gasteiger partial charge in [-0.2, -0.15) is 0 Å². The molecule has 1 aliphatic heterocycles. The Hall–Kier alpha value is -2.80. The van der Waals surface area contributed by atoms with E-state index in [9.17, 15) is 14.4 Å². The van der Waals surface area contributed by atoms with Gasteiger partial charge < -0.3 is 10.1 Å². The SMILES string of the molecule is COc1ccc(SCC(=O)Nc2cccc3c2C(=O)N(C)C3=O)cc1. The second kappa shape index (κ2) is 6.98. The fourth-order valence-corrected chi connectivity index (χ4v) is 3.21. The lowest BCUT2D eigenvalue weighted by Gasteiger charge is -2.09. The third-order valence-corrected chi connectivity index (χ3v) is 4.83. The average molecular weight is 356 g/mol. The second-order valence-electron chi connectivity index (χ2n) is 5.41. The number of hydrogen-bond donors (Lipinski definition) is 1. The Kier molecular flexibility index (Phi) is 4.76. The summed E-state index contributed by atoms with van der Waals surface area (Å²) in [7, 11) is 3.02. The number of nitrogens with one attached hydrogen (secondary N) is 1. The maximum atomic E-state index is 12.2. The second-order valence-corrected chi connectivity index (χ2v) is 6.46. The summed E-state index contributed by atoms with van der Waals surface area (Å²) in [5.74, 6) is -0.0686. The summed E-state index contributed by atoms with van der Waals surface area (Å²) < 4.78 is 5.09. The zero-order valence-electron chi connectivity index (χ0n) is 13.7. The molecule has 3 rings (SSSR count). The molecule has 1 heterocycles. The van der Waals surface area contributed by atoms with Gasteiger partial charge in [0.2, 0.25) is 5.91 Å². The number of nitrogens with zero attached hydrogens (tertiary/aromatic N) is 1. The van der Waals surface area contributed by atoms with Crippen LogP contribution in [0.3, 0.4) is 0 Å². The van der Waals surface area contributed by atoms with E-state index < -0.39 is 5.91 Å². The van der Waals surface area contributed by atoms with Gasteiger partial charge in [-0.25, -0.2) is 0 Å². The number of rotatable bonds is 5. The molecule has 0 unspecified atom stereocenters. The van der Waals surface area contributed by atoms with Crippen LogP contribution in [0.4, 0.5) is 5.69 Å². The van der Waals surface area contributed by atoms with Crippen molar-refractivity contribution in [2.45, 2.75) is 4.90 Å². The highest BCUT2D eigenvalue weighted by Crippen LogP contribution is 2.29. The molecule has 2 aromatic rings. The largest absolute Gasteiger partial charge is 0.497 e. The van der Waals surface area contributed by atoms with Crippen LogP contribution in [0.25, 0.3) is 0 Å². The van der Waals surface area contributed by atoms with E-state index in [-0.39, 0.29) is 23.1 Å². The van der Waals surface area contributed by atoms with Crippen molar-refractivity contribution in [3.63, 3.8) is 0 Å². The molecule has 0 atom stereocenters. The first-order valence-corrected chi connectivity index (χ1v) is 8.52. The highest BCUT2D eigenvalue weighted by atomic mass is 32.2. The summed E-state index contributed by atoms with van der Waals surface area (Å²) in [4.78, 5) is 38.4. The predicted octanol–water partition coefficient (Wildman–Crippen LogP) is 2.65. The molecule has 1 aliphatic rings. The van der Waals surface area contributed by atoms with E-state index in [0.717, 1.165) is 15.5 Å². The topological polar surface area (TPSA) is 75.7 Å². The van der Waals surface area contributed by atoms with Crippen LogP contribution in [0.1, 0.15) is 20.7 Å². The Morgan fingerprint density at radius 1 is 1.12 bits per heavy atom. The van der Waals surface area contributed by atoms with Gasteiger partial charge in [0.05, 0.1) is 29.7 Å². The van der Waals surface area contributed by atoms with E-state index in [1.807, 2.05) is 24.3 Å². The first-order valence-electron chi connectivity index (χ1n) is 7.53. The number of fused-ring (bicyclic) bond motifs is 1. The number of hydrogen-bond acceptors (Lipinski definition) is 5. The summed E-state index contributed by atoms with van der Waals surface area (Å²) in [5.41, 5.74) is 0.923. The average Bonchev–Trinajstić information content (AvgIpc) is 2.85. The van der Waals surface area contributed by atoms with E-state index in [1.54, 1.807) is 25.3 Å². The lowest BCUT2D eigenvalue weighted by atomic mass is 10.1. The summed E-state index contributed by atoms with van der Waals surface area (Å²) in [6.07, 6.45) is 0. The van der Waals surface area contributed by atoms with Gasteiger partial charge in [0.15, 0.2) is 0 Å². The van der Waals surface area contributed by atoms with Gasteiger partial charge in [0, 0.05) is 11.9 Å². The van der Waals surface area contributed by atoms with Crippen LogP contribution in [0.15, 0.2) is 47.4 Å². The van der Waals surface area contributed by atoms with Crippen LogP contribution in [-0.4, -0.2) is 42.5 Å². The Morgan fingerprint density at radius 3 is 2.52 bits per heavy atom. The molecule has 1 N–H and O–H groups in total. The fourth-order valence-electron chi connectivity index (χ4n) is 2.51. The van der Waals surface area contributed by atoms with Crippen LogP contribution in [-0.2, 0) is 4.79 Å². The minimum absolute atomic E-state index is 0.188. The number of methoxy groups -OCH3 is 1. The number of anilines is 1. The third-order valence-electron chi connectivity index (χ3n) is 3.82. The van der Waals surface area contributed by atoms with Crippen LogP contribution < -0.4 is 10.1 Å². The summed E-state index contributed by atoms with van der Waals surface area (Å²) in [5, 5.41) is 2.72. The number of carbonyl (C=O) groups excluding carboxylic acids is 3. The smallest absolute Gasteiger partial charge is 0.263 e. The zero-order valence-corrected chi connectivity index (χ0v) is 14.6. The number of benzene rings is 2. The van der Waals surface area contributed by atoms with E-state index in [4.69, 9.17) is 4.74 Å². The van der Waals surface area contributed by atoms with Crippen molar-refractivity contribution in [1.82, 2.24) is 4.90 Å². The van der Waals surface area contributed by atoms with Crippen LogP contribution >= 0.6 is 11.8 Å². The molecule has 128 valence electrons. The quantitative estimate of drug-likeness (QED) is 0.658. The van der Waals surface area contributed by atoms with Gasteiger partial charge in [-0.05, 0) is 36.4 Å². The summed E-state index contributed by atoms with van der Waals surface area (Å²) >= 11 is 1.37. The first kappa shape index (κ1) is 17.0. The fraction of sp³-hybridized carbons (Fsp3) is 0.167. The highest BCUT2D eigenvalue weighted by molar-refractivity contribution is 8.00. The number of thioether (sulfide) groups is 1. The van der Waals surface area contributed by atoms with Crippen molar-refractivity contribution < 1.29 is 19.1 Å². The van der Waals surface area contributed by atoms with Crippen molar-refractivity contribution in [3.8, 4) is 5.75 Å². The molecule has 0 fully saturated rings. The molecular formula is C18H16N2O4S. The van der Waals surface area contributed by atoms with Gasteiger partial charge in [0.25, 0.3) is 11.8 Å². The highest BCUT2D eigenvalue weighted by Gasteiger charge is 2.35. The normalized spacial score (nSPS) is 13.0. The lowest BCUT2D eigenvalue weighted by molar-refractivity contribution is -0.113. The molecule has 0 aliphatic carbocycles. The first-order chi connectivity index (χ1) is 12.0. The van der Waals surface area contributed by atoms with Crippen molar-refractivity contribution in [1.29, 1.82) is 0 Å². The van der Waals surface area contributed by atoms with E-state index in [1.165, 1.54) is 18.8 Å². The lowest BCUT2D eigenvalue weighted by Crippen LogP contribution is -2.24. The van der Waals surface area contributed by atoms with Crippen molar-refractivity contribution in [3.05, 3.63) is 53.6 Å². The number of carbonyl (C=O) groups is 3. The number of amides is 3. The molecule has 0 saturated heterocycles. The van der Waals surface area contributed by atoms with Crippen molar-refractivity contribution in [2.75, 3.05) is 25.2 Å². The van der Waals surface area contributed by atoms with Gasteiger partial charge >= 0.3 is 0 Å². The van der Waals surface area contributed by atoms with Crippen molar-refractivity contribution >= 4 is 35.2 Å². The Morgan fingerprint density at radius 2 is 1.84 bits per heavy atom. The summed E-state index contributed by atoms with van der Waals surface area (Å²) in [6.45, 7) is 0. The van der Waals surface area contributed by atoms with E-state index in [2.05, 4.69) is 5.32 Å². The molecular weight excluding hydrogens is 340 g/mol.